The first-order chi connectivity index (χ1) is 10.8. The van der Waals surface area contributed by atoms with Gasteiger partial charge in [-0.15, -0.1) is 0 Å². The van der Waals surface area contributed by atoms with Crippen molar-refractivity contribution >= 4 is 11.8 Å². The third-order valence-corrected chi connectivity index (χ3v) is 4.06. The van der Waals surface area contributed by atoms with Crippen LogP contribution in [0.5, 0.6) is 0 Å². The molecule has 7 heteroatoms. The lowest BCUT2D eigenvalue weighted by molar-refractivity contribution is -0.215. The molecule has 0 heterocycles. The van der Waals surface area contributed by atoms with Crippen LogP contribution in [0.3, 0.4) is 0 Å². The van der Waals surface area contributed by atoms with E-state index in [0.29, 0.717) is 12.0 Å². The largest absolute Gasteiger partial charge is 0.383 e. The molecule has 0 unspecified atom stereocenters. The van der Waals surface area contributed by atoms with E-state index in [1.165, 1.54) is 0 Å². The molecule has 3 N–H and O–H groups in total. The third-order valence-electron chi connectivity index (χ3n) is 4.06. The minimum Gasteiger partial charge on any atom is -0.383 e. The minimum absolute atomic E-state index is 0.0208. The van der Waals surface area contributed by atoms with Gasteiger partial charge in [-0.2, -0.15) is 8.78 Å². The summed E-state index contributed by atoms with van der Waals surface area (Å²) in [5, 5.41) is 14.2. The highest BCUT2D eigenvalue weighted by Crippen LogP contribution is 2.44. The predicted octanol–water partition coefficient (Wildman–Crippen LogP) is 1.39. The number of aryl methyl sites for hydroxylation is 1. The zero-order chi connectivity index (χ0) is 17.1. The Morgan fingerprint density at radius 1 is 1.17 bits per heavy atom. The SMILES string of the molecule is Cc1ccc(C(=O)NCCNC(=O)C(F)(F)C2(O)CCC2)cc1. The van der Waals surface area contributed by atoms with E-state index in [1.54, 1.807) is 24.3 Å². The number of amides is 2. The third kappa shape index (κ3) is 3.67. The molecular formula is C16H20F2N2O3. The molecule has 1 aromatic carbocycles. The number of aliphatic hydroxyl groups is 1. The first-order valence-corrected chi connectivity index (χ1v) is 7.50. The Bertz CT molecular complexity index is 583. The molecule has 23 heavy (non-hydrogen) atoms. The molecule has 0 aliphatic heterocycles. The van der Waals surface area contributed by atoms with Gasteiger partial charge < -0.3 is 15.7 Å². The summed E-state index contributed by atoms with van der Waals surface area (Å²) in [4.78, 5) is 23.3. The number of benzene rings is 1. The molecule has 2 rings (SSSR count). The molecule has 126 valence electrons. The van der Waals surface area contributed by atoms with Crippen LogP contribution in [0.2, 0.25) is 0 Å². The highest BCUT2D eigenvalue weighted by atomic mass is 19.3. The van der Waals surface area contributed by atoms with Crippen LogP contribution in [-0.2, 0) is 4.79 Å². The van der Waals surface area contributed by atoms with Gasteiger partial charge in [-0.1, -0.05) is 17.7 Å². The van der Waals surface area contributed by atoms with Crippen molar-refractivity contribution in [2.75, 3.05) is 13.1 Å². The summed E-state index contributed by atoms with van der Waals surface area (Å²) >= 11 is 0. The Hall–Kier alpha value is -2.02. The van der Waals surface area contributed by atoms with E-state index >= 15 is 0 Å². The highest BCUT2D eigenvalue weighted by molar-refractivity contribution is 5.94. The monoisotopic (exact) mass is 326 g/mol. The van der Waals surface area contributed by atoms with Crippen molar-refractivity contribution in [3.63, 3.8) is 0 Å². The summed E-state index contributed by atoms with van der Waals surface area (Å²) < 4.78 is 27.6. The van der Waals surface area contributed by atoms with Crippen LogP contribution in [0.25, 0.3) is 0 Å². The maximum atomic E-state index is 13.8. The molecular weight excluding hydrogens is 306 g/mol. The number of hydrogen-bond acceptors (Lipinski definition) is 3. The number of hydrogen-bond donors (Lipinski definition) is 3. The van der Waals surface area contributed by atoms with E-state index < -0.39 is 17.4 Å². The molecule has 0 spiro atoms. The van der Waals surface area contributed by atoms with E-state index in [2.05, 4.69) is 5.32 Å². The fourth-order valence-electron chi connectivity index (χ4n) is 2.31. The Labute approximate surface area is 133 Å². The summed E-state index contributed by atoms with van der Waals surface area (Å²) in [5.74, 6) is -5.67. The van der Waals surface area contributed by atoms with Gasteiger partial charge in [-0.3, -0.25) is 9.59 Å². The first-order valence-electron chi connectivity index (χ1n) is 7.50. The number of alkyl halides is 2. The van der Waals surface area contributed by atoms with Crippen LogP contribution >= 0.6 is 0 Å². The average molecular weight is 326 g/mol. The molecule has 1 aromatic rings. The van der Waals surface area contributed by atoms with E-state index in [4.69, 9.17) is 0 Å². The zero-order valence-corrected chi connectivity index (χ0v) is 12.9. The number of carbonyl (C=O) groups excluding carboxylic acids is 2. The van der Waals surface area contributed by atoms with Crippen LogP contribution < -0.4 is 10.6 Å². The van der Waals surface area contributed by atoms with Crippen molar-refractivity contribution in [1.29, 1.82) is 0 Å². The van der Waals surface area contributed by atoms with Crippen LogP contribution in [0.1, 0.15) is 35.2 Å². The molecule has 1 aliphatic rings. The van der Waals surface area contributed by atoms with Gasteiger partial charge >= 0.3 is 5.92 Å². The second kappa shape index (κ2) is 6.62. The Morgan fingerprint density at radius 3 is 2.26 bits per heavy atom. The lowest BCUT2D eigenvalue weighted by Crippen LogP contribution is -2.61. The van der Waals surface area contributed by atoms with Gasteiger partial charge in [-0.25, -0.2) is 0 Å². The molecule has 2 amide bonds. The van der Waals surface area contributed by atoms with E-state index in [-0.39, 0.29) is 31.8 Å². The van der Waals surface area contributed by atoms with Gasteiger partial charge in [0.25, 0.3) is 11.8 Å². The van der Waals surface area contributed by atoms with Crippen molar-refractivity contribution in [1.82, 2.24) is 10.6 Å². The van der Waals surface area contributed by atoms with Gasteiger partial charge in [-0.05, 0) is 38.3 Å². The van der Waals surface area contributed by atoms with Gasteiger partial charge in [0.15, 0.2) is 0 Å². The van der Waals surface area contributed by atoms with Crippen LogP contribution in [0.15, 0.2) is 24.3 Å². The molecule has 1 saturated carbocycles. The Morgan fingerprint density at radius 2 is 1.74 bits per heavy atom. The molecule has 5 nitrogen and oxygen atoms in total. The van der Waals surface area contributed by atoms with Gasteiger partial charge in [0.2, 0.25) is 0 Å². The Balaban J connectivity index is 1.75. The zero-order valence-electron chi connectivity index (χ0n) is 12.9. The molecule has 0 aromatic heterocycles. The van der Waals surface area contributed by atoms with Crippen molar-refractivity contribution in [2.45, 2.75) is 37.7 Å². The first kappa shape index (κ1) is 17.3. The Kier molecular flexibility index (Phi) is 4.99. The summed E-state index contributed by atoms with van der Waals surface area (Å²) in [6.07, 6.45) is 0.307. The maximum absolute atomic E-state index is 13.8. The van der Waals surface area contributed by atoms with Crippen molar-refractivity contribution in [3.05, 3.63) is 35.4 Å². The van der Waals surface area contributed by atoms with Crippen LogP contribution in [0.4, 0.5) is 8.78 Å². The summed E-state index contributed by atoms with van der Waals surface area (Å²) in [6.45, 7) is 1.78. The molecule has 0 bridgehead atoms. The minimum atomic E-state index is -3.81. The van der Waals surface area contributed by atoms with Crippen LogP contribution in [-0.4, -0.2) is 41.5 Å². The number of carbonyl (C=O) groups is 2. The molecule has 1 aliphatic carbocycles. The summed E-state index contributed by atoms with van der Waals surface area (Å²) in [7, 11) is 0. The second-order valence-electron chi connectivity index (χ2n) is 5.84. The van der Waals surface area contributed by atoms with Gasteiger partial charge in [0.1, 0.15) is 5.60 Å². The summed E-state index contributed by atoms with van der Waals surface area (Å²) in [5.41, 5.74) is -0.761. The molecule has 1 fully saturated rings. The van der Waals surface area contributed by atoms with Crippen molar-refractivity contribution in [3.8, 4) is 0 Å². The quantitative estimate of drug-likeness (QED) is 0.691. The predicted molar refractivity (Wildman–Crippen MR) is 80.3 cm³/mol. The normalized spacial score (nSPS) is 16.3. The molecule has 0 radical (unpaired) electrons. The fourth-order valence-corrected chi connectivity index (χ4v) is 2.31. The van der Waals surface area contributed by atoms with E-state index in [9.17, 15) is 23.5 Å². The average Bonchev–Trinajstić information content (AvgIpc) is 2.49. The molecule has 0 saturated heterocycles. The van der Waals surface area contributed by atoms with Crippen molar-refractivity contribution < 1.29 is 23.5 Å². The van der Waals surface area contributed by atoms with E-state index in [1.807, 2.05) is 12.2 Å². The fraction of sp³-hybridized carbons (Fsp3) is 0.500. The lowest BCUT2D eigenvalue weighted by Gasteiger charge is -2.41. The standard InChI is InChI=1S/C16H20F2N2O3/c1-11-3-5-12(6-4-11)13(21)19-9-10-20-14(22)16(17,18)15(23)7-2-8-15/h3-6,23H,2,7-10H2,1H3,(H,19,21)(H,20,22). The summed E-state index contributed by atoms with van der Waals surface area (Å²) in [6, 6.07) is 6.89. The van der Waals surface area contributed by atoms with Gasteiger partial charge in [0.05, 0.1) is 0 Å². The highest BCUT2D eigenvalue weighted by Gasteiger charge is 2.60. The number of nitrogens with one attached hydrogen (secondary N) is 2. The lowest BCUT2D eigenvalue weighted by atomic mass is 9.75. The molecule has 0 atom stereocenters. The van der Waals surface area contributed by atoms with E-state index in [0.717, 1.165) is 5.56 Å². The maximum Gasteiger partial charge on any atom is 0.352 e. The number of halogens is 2. The second-order valence-corrected chi connectivity index (χ2v) is 5.84. The topological polar surface area (TPSA) is 78.4 Å². The van der Waals surface area contributed by atoms with Crippen molar-refractivity contribution in [2.24, 2.45) is 0 Å². The number of rotatable bonds is 6. The smallest absolute Gasteiger partial charge is 0.352 e. The van der Waals surface area contributed by atoms with Gasteiger partial charge in [0, 0.05) is 18.7 Å². The van der Waals surface area contributed by atoms with Crippen LogP contribution in [0, 0.1) is 6.92 Å².